The lowest BCUT2D eigenvalue weighted by Crippen LogP contribution is -2.47. The molecule has 2 N–H and O–H groups in total. The Balaban J connectivity index is 0.00000162. The van der Waals surface area contributed by atoms with Gasteiger partial charge >= 0.3 is 0 Å². The van der Waals surface area contributed by atoms with E-state index in [-0.39, 0.29) is 24.4 Å². The van der Waals surface area contributed by atoms with Crippen molar-refractivity contribution in [1.29, 1.82) is 0 Å². The van der Waals surface area contributed by atoms with E-state index in [2.05, 4.69) is 26.6 Å². The number of nitrogens with one attached hydrogen (secondary N) is 2. The Hall–Kier alpha value is -0.620. The molecule has 1 aliphatic rings. The van der Waals surface area contributed by atoms with Crippen molar-refractivity contribution in [1.82, 2.24) is 10.6 Å². The molecular weight excluding hydrogens is 320 g/mol. The van der Waals surface area contributed by atoms with E-state index in [0.717, 1.165) is 16.6 Å². The van der Waals surface area contributed by atoms with Crippen molar-refractivity contribution in [3.05, 3.63) is 34.3 Å². The number of hydrogen-bond donors (Lipinski definition) is 2. The zero-order chi connectivity index (χ0) is 12.1. The second-order valence-corrected chi connectivity index (χ2v) is 4.83. The van der Waals surface area contributed by atoms with Crippen LogP contribution in [0.25, 0.3) is 0 Å². The molecule has 1 fully saturated rings. The van der Waals surface area contributed by atoms with Gasteiger partial charge in [0.15, 0.2) is 0 Å². The molecule has 6 heteroatoms. The summed E-state index contributed by atoms with van der Waals surface area (Å²) in [4.78, 5) is 11.8. The Morgan fingerprint density at radius 1 is 1.56 bits per heavy atom. The molecule has 0 spiro atoms. The average molecular weight is 336 g/mol. The first-order valence-electron chi connectivity index (χ1n) is 5.60. The highest BCUT2D eigenvalue weighted by Crippen LogP contribution is 2.11. The minimum absolute atomic E-state index is 0. The molecule has 4 nitrogen and oxygen atoms in total. The SMILES string of the molecule is Cl.O=C(NCc1cccc(Br)c1)C1CNCCO1. The molecule has 1 aromatic rings. The zero-order valence-electron chi connectivity index (χ0n) is 9.82. The Morgan fingerprint density at radius 3 is 3.06 bits per heavy atom. The normalized spacial score (nSPS) is 18.8. The van der Waals surface area contributed by atoms with Gasteiger partial charge in [-0.3, -0.25) is 4.79 Å². The number of carbonyl (C=O) groups excluding carboxylic acids is 1. The quantitative estimate of drug-likeness (QED) is 0.879. The highest BCUT2D eigenvalue weighted by atomic mass is 79.9. The van der Waals surface area contributed by atoms with Gasteiger partial charge in [-0.1, -0.05) is 28.1 Å². The smallest absolute Gasteiger partial charge is 0.250 e. The van der Waals surface area contributed by atoms with Crippen molar-refractivity contribution in [2.75, 3.05) is 19.7 Å². The Labute approximate surface area is 121 Å². The molecule has 1 atom stereocenters. The van der Waals surface area contributed by atoms with Crippen molar-refractivity contribution < 1.29 is 9.53 Å². The van der Waals surface area contributed by atoms with E-state index in [1.54, 1.807) is 0 Å². The van der Waals surface area contributed by atoms with Gasteiger partial charge in [-0.05, 0) is 17.7 Å². The lowest BCUT2D eigenvalue weighted by Gasteiger charge is -2.22. The minimum atomic E-state index is -0.365. The van der Waals surface area contributed by atoms with Gasteiger partial charge < -0.3 is 15.4 Å². The topological polar surface area (TPSA) is 50.4 Å². The molecule has 1 amide bonds. The van der Waals surface area contributed by atoms with E-state index in [0.29, 0.717) is 19.7 Å². The van der Waals surface area contributed by atoms with Crippen molar-refractivity contribution >= 4 is 34.2 Å². The molecule has 1 saturated heterocycles. The minimum Gasteiger partial charge on any atom is -0.366 e. The third kappa shape index (κ3) is 4.57. The first-order chi connectivity index (χ1) is 8.25. The molecule has 1 aromatic carbocycles. The van der Waals surface area contributed by atoms with Crippen LogP contribution in [0.3, 0.4) is 0 Å². The molecule has 0 radical (unpaired) electrons. The standard InChI is InChI=1S/C12H15BrN2O2.ClH/c13-10-3-1-2-9(6-10)7-15-12(16)11-8-14-4-5-17-11;/h1-3,6,11,14H,4-5,7-8H2,(H,15,16);1H. The summed E-state index contributed by atoms with van der Waals surface area (Å²) in [5.74, 6) is -0.0582. The van der Waals surface area contributed by atoms with Crippen molar-refractivity contribution in [2.45, 2.75) is 12.6 Å². The third-order valence-electron chi connectivity index (χ3n) is 2.58. The second-order valence-electron chi connectivity index (χ2n) is 3.91. The molecule has 18 heavy (non-hydrogen) atoms. The molecule has 0 saturated carbocycles. The molecule has 0 aliphatic carbocycles. The maximum absolute atomic E-state index is 11.8. The zero-order valence-corrected chi connectivity index (χ0v) is 12.2. The van der Waals surface area contributed by atoms with Crippen LogP contribution in [-0.4, -0.2) is 31.7 Å². The second kappa shape index (κ2) is 7.74. The van der Waals surface area contributed by atoms with Crippen LogP contribution in [0.15, 0.2) is 28.7 Å². The predicted molar refractivity (Wildman–Crippen MR) is 75.8 cm³/mol. The van der Waals surface area contributed by atoms with Gasteiger partial charge in [0, 0.05) is 24.1 Å². The number of morpholine rings is 1. The molecule has 1 aliphatic heterocycles. The maximum atomic E-state index is 11.8. The Kier molecular flexibility index (Phi) is 6.63. The summed E-state index contributed by atoms with van der Waals surface area (Å²) in [5, 5.41) is 6.00. The van der Waals surface area contributed by atoms with Gasteiger partial charge in [-0.25, -0.2) is 0 Å². The van der Waals surface area contributed by atoms with Crippen molar-refractivity contribution in [3.63, 3.8) is 0 Å². The van der Waals surface area contributed by atoms with Gasteiger partial charge in [0.2, 0.25) is 0 Å². The monoisotopic (exact) mass is 334 g/mol. The van der Waals surface area contributed by atoms with E-state index in [1.165, 1.54) is 0 Å². The summed E-state index contributed by atoms with van der Waals surface area (Å²) in [7, 11) is 0. The fourth-order valence-corrected chi connectivity index (χ4v) is 2.13. The summed E-state index contributed by atoms with van der Waals surface area (Å²) in [6.45, 7) is 2.52. The van der Waals surface area contributed by atoms with E-state index in [4.69, 9.17) is 4.74 Å². The number of benzene rings is 1. The third-order valence-corrected chi connectivity index (χ3v) is 3.07. The Bertz CT molecular complexity index is 397. The highest BCUT2D eigenvalue weighted by Gasteiger charge is 2.20. The van der Waals surface area contributed by atoms with Crippen LogP contribution >= 0.6 is 28.3 Å². The van der Waals surface area contributed by atoms with Gasteiger partial charge in [0.1, 0.15) is 6.10 Å². The first-order valence-corrected chi connectivity index (χ1v) is 6.39. The molecule has 1 unspecified atom stereocenters. The molecule has 2 rings (SSSR count). The van der Waals surface area contributed by atoms with E-state index in [9.17, 15) is 4.79 Å². The summed E-state index contributed by atoms with van der Waals surface area (Å²) < 4.78 is 6.38. The summed E-state index contributed by atoms with van der Waals surface area (Å²) in [6.07, 6.45) is -0.365. The van der Waals surface area contributed by atoms with Gasteiger partial charge in [-0.2, -0.15) is 0 Å². The molecule has 1 heterocycles. The number of hydrogen-bond acceptors (Lipinski definition) is 3. The van der Waals surface area contributed by atoms with Gasteiger partial charge in [-0.15, -0.1) is 12.4 Å². The van der Waals surface area contributed by atoms with Crippen LogP contribution < -0.4 is 10.6 Å². The lowest BCUT2D eigenvalue weighted by molar-refractivity contribution is -0.134. The number of halogens is 2. The fourth-order valence-electron chi connectivity index (χ4n) is 1.68. The fraction of sp³-hybridized carbons (Fsp3) is 0.417. The van der Waals surface area contributed by atoms with Crippen LogP contribution in [0, 0.1) is 0 Å². The number of amides is 1. The van der Waals surface area contributed by atoms with Crippen molar-refractivity contribution in [2.24, 2.45) is 0 Å². The largest absolute Gasteiger partial charge is 0.366 e. The van der Waals surface area contributed by atoms with Crippen LogP contribution in [0.2, 0.25) is 0 Å². The van der Waals surface area contributed by atoms with Crippen molar-refractivity contribution in [3.8, 4) is 0 Å². The van der Waals surface area contributed by atoms with E-state index in [1.807, 2.05) is 24.3 Å². The highest BCUT2D eigenvalue weighted by molar-refractivity contribution is 9.10. The number of ether oxygens (including phenoxy) is 1. The molecular formula is C12H16BrClN2O2. The van der Waals surface area contributed by atoms with Crippen LogP contribution in [0.5, 0.6) is 0 Å². The van der Waals surface area contributed by atoms with Crippen LogP contribution in [-0.2, 0) is 16.1 Å². The molecule has 0 bridgehead atoms. The number of carbonyl (C=O) groups is 1. The summed E-state index contributed by atoms with van der Waals surface area (Å²) in [5.41, 5.74) is 1.07. The van der Waals surface area contributed by atoms with E-state index < -0.39 is 0 Å². The summed E-state index contributed by atoms with van der Waals surface area (Å²) in [6, 6.07) is 7.87. The van der Waals surface area contributed by atoms with Gasteiger partial charge in [0.05, 0.1) is 6.61 Å². The first kappa shape index (κ1) is 15.4. The van der Waals surface area contributed by atoms with Gasteiger partial charge in [0.25, 0.3) is 5.91 Å². The summed E-state index contributed by atoms with van der Waals surface area (Å²) >= 11 is 3.40. The van der Waals surface area contributed by atoms with Crippen LogP contribution in [0.4, 0.5) is 0 Å². The maximum Gasteiger partial charge on any atom is 0.250 e. The number of rotatable bonds is 3. The van der Waals surface area contributed by atoms with Crippen LogP contribution in [0.1, 0.15) is 5.56 Å². The van der Waals surface area contributed by atoms with E-state index >= 15 is 0 Å². The molecule has 0 aromatic heterocycles. The Morgan fingerprint density at radius 2 is 2.39 bits per heavy atom. The lowest BCUT2D eigenvalue weighted by atomic mass is 10.2. The molecule has 100 valence electrons. The average Bonchev–Trinajstić information content (AvgIpc) is 2.37. The predicted octanol–water partition coefficient (Wildman–Crippen LogP) is 1.48.